The number of benzene rings is 2. The van der Waals surface area contributed by atoms with Gasteiger partial charge in [-0.2, -0.15) is 26.3 Å². The number of halogens is 6. The van der Waals surface area contributed by atoms with Gasteiger partial charge in [-0.25, -0.2) is 0 Å². The van der Waals surface area contributed by atoms with Gasteiger partial charge in [-0.1, -0.05) is 23.9 Å². The number of amides is 1. The Kier molecular flexibility index (Phi) is 7.96. The molecule has 0 radical (unpaired) electrons. The number of nitrogens with one attached hydrogen (secondary N) is 1. The van der Waals surface area contributed by atoms with Crippen molar-refractivity contribution in [1.82, 2.24) is 10.2 Å². The lowest BCUT2D eigenvalue weighted by atomic mass is 10.1. The number of carbonyl (C=O) groups is 1. The summed E-state index contributed by atoms with van der Waals surface area (Å²) in [5, 5.41) is 10.7. The molecule has 0 aliphatic carbocycles. The van der Waals surface area contributed by atoms with E-state index in [0.717, 1.165) is 36.1 Å². The lowest BCUT2D eigenvalue weighted by Gasteiger charge is -2.28. The second-order valence-electron chi connectivity index (χ2n) is 8.48. The van der Waals surface area contributed by atoms with Crippen molar-refractivity contribution < 1.29 is 31.1 Å². The number of alkyl halides is 6. The third-order valence-corrected chi connectivity index (χ3v) is 6.67. The molecule has 1 saturated heterocycles. The third kappa shape index (κ3) is 7.15. The smallest absolute Gasteiger partial charge is 0.372 e. The minimum Gasteiger partial charge on any atom is -0.372 e. The second-order valence-corrected chi connectivity index (χ2v) is 9.48. The monoisotopic (exact) mass is 540 g/mol. The molecular formula is C25H22F6N4OS. The van der Waals surface area contributed by atoms with Gasteiger partial charge in [0.2, 0.25) is 5.91 Å². The Labute approximate surface area is 213 Å². The third-order valence-electron chi connectivity index (χ3n) is 5.75. The van der Waals surface area contributed by atoms with Gasteiger partial charge in [0, 0.05) is 30.0 Å². The van der Waals surface area contributed by atoms with Crippen molar-refractivity contribution in [2.24, 2.45) is 0 Å². The van der Waals surface area contributed by atoms with Crippen LogP contribution in [0.5, 0.6) is 0 Å². The Morgan fingerprint density at radius 1 is 0.838 bits per heavy atom. The predicted octanol–water partition coefficient (Wildman–Crippen LogP) is 6.90. The molecule has 0 unspecified atom stereocenters. The van der Waals surface area contributed by atoms with E-state index in [1.165, 1.54) is 19.3 Å². The van der Waals surface area contributed by atoms with Crippen LogP contribution in [0.3, 0.4) is 0 Å². The van der Waals surface area contributed by atoms with Crippen LogP contribution < -0.4 is 10.2 Å². The molecule has 5 nitrogen and oxygen atoms in total. The van der Waals surface area contributed by atoms with Crippen LogP contribution in [0, 0.1) is 0 Å². The molecule has 12 heteroatoms. The van der Waals surface area contributed by atoms with Crippen molar-refractivity contribution in [1.29, 1.82) is 0 Å². The quantitative estimate of drug-likeness (QED) is 0.272. The topological polar surface area (TPSA) is 58.1 Å². The lowest BCUT2D eigenvalue weighted by molar-refractivity contribution is -0.143. The molecule has 0 spiro atoms. The van der Waals surface area contributed by atoms with Crippen LogP contribution in [0.15, 0.2) is 59.6 Å². The van der Waals surface area contributed by atoms with E-state index in [1.54, 1.807) is 12.1 Å². The highest BCUT2D eigenvalue weighted by atomic mass is 32.2. The largest absolute Gasteiger partial charge is 0.416 e. The molecule has 196 valence electrons. The highest BCUT2D eigenvalue weighted by Crippen LogP contribution is 2.37. The van der Waals surface area contributed by atoms with E-state index in [1.807, 2.05) is 24.3 Å². The maximum atomic E-state index is 13.0. The number of nitrogens with zero attached hydrogens (tertiary/aromatic N) is 3. The molecule has 0 atom stereocenters. The molecule has 4 rings (SSSR count). The Bertz CT molecular complexity index is 1190. The number of carbonyl (C=O) groups excluding carboxylic acids is 1. The van der Waals surface area contributed by atoms with Crippen LogP contribution in [0.25, 0.3) is 11.3 Å². The van der Waals surface area contributed by atoms with E-state index in [9.17, 15) is 31.1 Å². The van der Waals surface area contributed by atoms with Crippen molar-refractivity contribution in [3.8, 4) is 11.3 Å². The zero-order chi connectivity index (χ0) is 26.6. The summed E-state index contributed by atoms with van der Waals surface area (Å²) in [5.74, 6) is -1.06. The molecule has 0 bridgehead atoms. The van der Waals surface area contributed by atoms with Gasteiger partial charge in [0.25, 0.3) is 0 Å². The zero-order valence-electron chi connectivity index (χ0n) is 19.4. The Balaban J connectivity index is 1.36. The van der Waals surface area contributed by atoms with Crippen molar-refractivity contribution in [2.45, 2.75) is 36.6 Å². The molecule has 0 saturated carbocycles. The van der Waals surface area contributed by atoms with Gasteiger partial charge in [0.1, 0.15) is 5.03 Å². The summed E-state index contributed by atoms with van der Waals surface area (Å²) < 4.78 is 78.0. The van der Waals surface area contributed by atoms with E-state index in [-0.39, 0.29) is 11.8 Å². The van der Waals surface area contributed by atoms with E-state index in [0.29, 0.717) is 22.9 Å². The summed E-state index contributed by atoms with van der Waals surface area (Å²) in [4.78, 5) is 14.6. The van der Waals surface area contributed by atoms with Crippen molar-refractivity contribution in [3.63, 3.8) is 0 Å². The fraction of sp³-hybridized carbons (Fsp3) is 0.320. The SMILES string of the molecule is O=C(CSc1ccc(-c2ccc(N3CCCCC3)cc2)nn1)Nc1cc(C(F)(F)F)cc(C(F)(F)F)c1. The van der Waals surface area contributed by atoms with E-state index < -0.39 is 35.1 Å². The molecular weight excluding hydrogens is 518 g/mol. The number of hydrogen-bond donors (Lipinski definition) is 1. The summed E-state index contributed by atoms with van der Waals surface area (Å²) in [7, 11) is 0. The average Bonchev–Trinajstić information content (AvgIpc) is 2.87. The van der Waals surface area contributed by atoms with Gasteiger partial charge in [0.15, 0.2) is 0 Å². The predicted molar refractivity (Wildman–Crippen MR) is 129 cm³/mol. The summed E-state index contributed by atoms with van der Waals surface area (Å²) in [6.45, 7) is 2.08. The normalized spacial score (nSPS) is 14.5. The fourth-order valence-electron chi connectivity index (χ4n) is 3.91. The van der Waals surface area contributed by atoms with Crippen LogP contribution in [0.2, 0.25) is 0 Å². The number of rotatable bonds is 6. The average molecular weight is 541 g/mol. The first kappa shape index (κ1) is 26.8. The Hall–Kier alpha value is -3.28. The molecule has 1 amide bonds. The minimum absolute atomic E-state index is 0.00274. The van der Waals surface area contributed by atoms with Crippen LogP contribution in [-0.4, -0.2) is 34.9 Å². The molecule has 1 fully saturated rings. The van der Waals surface area contributed by atoms with Gasteiger partial charge < -0.3 is 10.2 Å². The fourth-order valence-corrected chi connectivity index (χ4v) is 4.52. The van der Waals surface area contributed by atoms with Crippen LogP contribution >= 0.6 is 11.8 Å². The number of piperidine rings is 1. The molecule has 1 aliphatic rings. The molecule has 3 aromatic rings. The zero-order valence-corrected chi connectivity index (χ0v) is 20.2. The van der Waals surface area contributed by atoms with Gasteiger partial charge >= 0.3 is 12.4 Å². The van der Waals surface area contributed by atoms with E-state index >= 15 is 0 Å². The van der Waals surface area contributed by atoms with Gasteiger partial charge in [0.05, 0.1) is 22.6 Å². The van der Waals surface area contributed by atoms with Gasteiger partial charge in [-0.15, -0.1) is 10.2 Å². The van der Waals surface area contributed by atoms with Crippen LogP contribution in [0.1, 0.15) is 30.4 Å². The molecule has 37 heavy (non-hydrogen) atoms. The standard InChI is InChI=1S/C25H22F6N4OS/c26-24(27,28)17-12-18(25(29,30)31)14-19(13-17)32-22(36)15-37-23-9-8-21(33-34-23)16-4-6-20(7-5-16)35-10-2-1-3-11-35/h4-9,12-14H,1-3,10-11,15H2,(H,32,36). The Morgan fingerprint density at radius 2 is 1.46 bits per heavy atom. The summed E-state index contributed by atoms with van der Waals surface area (Å²) in [6.07, 6.45) is -6.39. The highest BCUT2D eigenvalue weighted by molar-refractivity contribution is 7.99. The summed E-state index contributed by atoms with van der Waals surface area (Å²) in [5.41, 5.74) is -0.957. The second kappa shape index (κ2) is 11.0. The molecule has 1 aliphatic heterocycles. The van der Waals surface area contributed by atoms with E-state index in [4.69, 9.17) is 0 Å². The highest BCUT2D eigenvalue weighted by Gasteiger charge is 2.37. The lowest BCUT2D eigenvalue weighted by Crippen LogP contribution is -2.29. The van der Waals surface area contributed by atoms with Gasteiger partial charge in [-0.3, -0.25) is 4.79 Å². The van der Waals surface area contributed by atoms with E-state index in [2.05, 4.69) is 20.4 Å². The molecule has 1 aromatic heterocycles. The maximum absolute atomic E-state index is 13.0. The number of aromatic nitrogens is 2. The van der Waals surface area contributed by atoms with Gasteiger partial charge in [-0.05, 0) is 61.7 Å². The van der Waals surface area contributed by atoms with Crippen LogP contribution in [0.4, 0.5) is 37.7 Å². The molecule has 2 aromatic carbocycles. The first-order valence-corrected chi connectivity index (χ1v) is 12.4. The number of thioether (sulfide) groups is 1. The molecule has 1 N–H and O–H groups in total. The number of anilines is 2. The number of hydrogen-bond acceptors (Lipinski definition) is 5. The van der Waals surface area contributed by atoms with Crippen molar-refractivity contribution >= 4 is 29.0 Å². The first-order chi connectivity index (χ1) is 17.5. The van der Waals surface area contributed by atoms with Crippen molar-refractivity contribution in [2.75, 3.05) is 29.1 Å². The Morgan fingerprint density at radius 3 is 2.00 bits per heavy atom. The summed E-state index contributed by atoms with van der Waals surface area (Å²) in [6, 6.07) is 12.3. The van der Waals surface area contributed by atoms with Crippen molar-refractivity contribution in [3.05, 3.63) is 65.7 Å². The minimum atomic E-state index is -5.00. The summed E-state index contributed by atoms with van der Waals surface area (Å²) >= 11 is 0.956. The van der Waals surface area contributed by atoms with Crippen LogP contribution in [-0.2, 0) is 17.1 Å². The first-order valence-electron chi connectivity index (χ1n) is 11.4. The molecule has 2 heterocycles. The maximum Gasteiger partial charge on any atom is 0.416 e.